The zero-order chi connectivity index (χ0) is 15.4. The van der Waals surface area contributed by atoms with Gasteiger partial charge in [0, 0.05) is 17.8 Å². The van der Waals surface area contributed by atoms with Gasteiger partial charge >= 0.3 is 0 Å². The van der Waals surface area contributed by atoms with Crippen LogP contribution in [0.2, 0.25) is 0 Å². The summed E-state index contributed by atoms with van der Waals surface area (Å²) >= 11 is 0. The zero-order valence-electron chi connectivity index (χ0n) is 12.2. The van der Waals surface area contributed by atoms with Gasteiger partial charge in [-0.2, -0.15) is 0 Å². The number of carbonyl (C=O) groups excluding carboxylic acids is 3. The van der Waals surface area contributed by atoms with Crippen LogP contribution in [0.4, 0.5) is 5.69 Å². The van der Waals surface area contributed by atoms with Crippen molar-refractivity contribution in [2.75, 3.05) is 25.0 Å². The first kappa shape index (κ1) is 15.0. The minimum atomic E-state index is -0.447. The molecule has 1 fully saturated rings. The van der Waals surface area contributed by atoms with E-state index in [1.54, 1.807) is 12.1 Å². The summed E-state index contributed by atoms with van der Waals surface area (Å²) in [6.07, 6.45) is 1.02. The Morgan fingerprint density at radius 1 is 1.29 bits per heavy atom. The Kier molecular flexibility index (Phi) is 4.57. The topological polar surface area (TPSA) is 78.5 Å². The van der Waals surface area contributed by atoms with Gasteiger partial charge in [0.15, 0.2) is 0 Å². The molecule has 21 heavy (non-hydrogen) atoms. The van der Waals surface area contributed by atoms with Crippen LogP contribution in [0.25, 0.3) is 0 Å². The lowest BCUT2D eigenvalue weighted by atomic mass is 10.1. The number of nitrogens with zero attached hydrogens (tertiary/aromatic N) is 1. The van der Waals surface area contributed by atoms with Crippen molar-refractivity contribution in [3.63, 3.8) is 0 Å². The van der Waals surface area contributed by atoms with E-state index < -0.39 is 11.8 Å². The Labute approximate surface area is 123 Å². The van der Waals surface area contributed by atoms with E-state index in [4.69, 9.17) is 0 Å². The van der Waals surface area contributed by atoms with E-state index in [-0.39, 0.29) is 19.0 Å². The monoisotopic (exact) mass is 289 g/mol. The fourth-order valence-corrected chi connectivity index (χ4v) is 2.22. The quantitative estimate of drug-likeness (QED) is 0.808. The average Bonchev–Trinajstić information content (AvgIpc) is 2.44. The van der Waals surface area contributed by atoms with Gasteiger partial charge in [0.1, 0.15) is 13.1 Å². The molecular weight excluding hydrogens is 270 g/mol. The number of anilines is 1. The van der Waals surface area contributed by atoms with Gasteiger partial charge < -0.3 is 10.2 Å². The fourth-order valence-electron chi connectivity index (χ4n) is 2.22. The van der Waals surface area contributed by atoms with Crippen molar-refractivity contribution >= 4 is 23.4 Å². The largest absolute Gasteiger partial charge is 0.385 e. The molecule has 0 radical (unpaired) electrons. The third-order valence-corrected chi connectivity index (χ3v) is 3.27. The summed E-state index contributed by atoms with van der Waals surface area (Å²) in [7, 11) is 0. The molecular formula is C15H19N3O3. The predicted molar refractivity (Wildman–Crippen MR) is 79.0 cm³/mol. The van der Waals surface area contributed by atoms with Gasteiger partial charge in [0.25, 0.3) is 5.91 Å². The van der Waals surface area contributed by atoms with Gasteiger partial charge in [-0.1, -0.05) is 6.92 Å². The number of imide groups is 1. The van der Waals surface area contributed by atoms with Gasteiger partial charge in [0.05, 0.1) is 0 Å². The molecule has 2 rings (SSSR count). The first-order valence-corrected chi connectivity index (χ1v) is 6.97. The van der Waals surface area contributed by atoms with Crippen LogP contribution in [-0.2, 0) is 9.59 Å². The first-order chi connectivity index (χ1) is 10.0. The Morgan fingerprint density at radius 3 is 2.52 bits per heavy atom. The lowest BCUT2D eigenvalue weighted by Crippen LogP contribution is -2.53. The fraction of sp³-hybridized carbons (Fsp3) is 0.400. The van der Waals surface area contributed by atoms with Crippen LogP contribution in [0.1, 0.15) is 29.3 Å². The highest BCUT2D eigenvalue weighted by Crippen LogP contribution is 2.18. The number of hydrogen-bond acceptors (Lipinski definition) is 4. The van der Waals surface area contributed by atoms with Crippen molar-refractivity contribution in [2.45, 2.75) is 20.3 Å². The molecule has 1 aliphatic heterocycles. The molecule has 0 atom stereocenters. The van der Waals surface area contributed by atoms with E-state index in [1.165, 1.54) is 4.90 Å². The number of rotatable bonds is 4. The summed E-state index contributed by atoms with van der Waals surface area (Å²) in [6, 6.07) is 5.34. The minimum Gasteiger partial charge on any atom is -0.385 e. The SMILES string of the molecule is CCCNc1ccc(C(=O)N2CC(=O)NC(=O)C2)cc1C. The molecule has 1 aliphatic rings. The number of aryl methyl sites for hydroxylation is 1. The van der Waals surface area contributed by atoms with E-state index in [9.17, 15) is 14.4 Å². The van der Waals surface area contributed by atoms with Crippen LogP contribution >= 0.6 is 0 Å². The second-order valence-corrected chi connectivity index (χ2v) is 5.09. The Balaban J connectivity index is 2.14. The minimum absolute atomic E-state index is 0.0839. The molecule has 1 saturated heterocycles. The molecule has 112 valence electrons. The highest BCUT2D eigenvalue weighted by molar-refractivity contribution is 6.05. The first-order valence-electron chi connectivity index (χ1n) is 6.97. The van der Waals surface area contributed by atoms with Crippen molar-refractivity contribution in [3.8, 4) is 0 Å². The lowest BCUT2D eigenvalue weighted by molar-refractivity contribution is -0.135. The van der Waals surface area contributed by atoms with Gasteiger partial charge in [-0.3, -0.25) is 19.7 Å². The van der Waals surface area contributed by atoms with Crippen molar-refractivity contribution in [1.29, 1.82) is 0 Å². The van der Waals surface area contributed by atoms with Crippen LogP contribution in [0.5, 0.6) is 0 Å². The molecule has 1 heterocycles. The summed E-state index contributed by atoms with van der Waals surface area (Å²) in [5.41, 5.74) is 2.43. The van der Waals surface area contributed by atoms with Crippen LogP contribution in [0.3, 0.4) is 0 Å². The summed E-state index contributed by atoms with van der Waals surface area (Å²) < 4.78 is 0. The highest BCUT2D eigenvalue weighted by atomic mass is 16.2. The summed E-state index contributed by atoms with van der Waals surface area (Å²) in [5.74, 6) is -1.20. The predicted octanol–water partition coefficient (Wildman–Crippen LogP) is 0.916. The molecule has 2 N–H and O–H groups in total. The smallest absolute Gasteiger partial charge is 0.254 e. The van der Waals surface area contributed by atoms with Crippen molar-refractivity contribution in [1.82, 2.24) is 10.2 Å². The van der Waals surface area contributed by atoms with Crippen LogP contribution < -0.4 is 10.6 Å². The van der Waals surface area contributed by atoms with Crippen molar-refractivity contribution in [3.05, 3.63) is 29.3 Å². The standard InChI is InChI=1S/C15H19N3O3/c1-3-6-16-12-5-4-11(7-10(12)2)15(21)18-8-13(19)17-14(20)9-18/h4-5,7,16H,3,6,8-9H2,1-2H3,(H,17,19,20). The van der Waals surface area contributed by atoms with Crippen LogP contribution in [0.15, 0.2) is 18.2 Å². The molecule has 3 amide bonds. The molecule has 1 aromatic carbocycles. The molecule has 0 unspecified atom stereocenters. The third-order valence-electron chi connectivity index (χ3n) is 3.27. The number of benzene rings is 1. The zero-order valence-corrected chi connectivity index (χ0v) is 12.2. The molecule has 0 aliphatic carbocycles. The maximum atomic E-state index is 12.3. The summed E-state index contributed by atoms with van der Waals surface area (Å²) in [5, 5.41) is 5.46. The van der Waals surface area contributed by atoms with Gasteiger partial charge in [-0.15, -0.1) is 0 Å². The van der Waals surface area contributed by atoms with Gasteiger partial charge in [-0.25, -0.2) is 0 Å². The van der Waals surface area contributed by atoms with Crippen LogP contribution in [-0.4, -0.2) is 42.3 Å². The second kappa shape index (κ2) is 6.39. The van der Waals surface area contributed by atoms with E-state index >= 15 is 0 Å². The molecule has 0 aromatic heterocycles. The maximum absolute atomic E-state index is 12.3. The van der Waals surface area contributed by atoms with Gasteiger partial charge in [-0.05, 0) is 37.1 Å². The number of carbonyl (C=O) groups is 3. The van der Waals surface area contributed by atoms with E-state index in [1.807, 2.05) is 13.0 Å². The summed E-state index contributed by atoms with van der Waals surface area (Å²) in [4.78, 5) is 36.2. The molecule has 0 saturated carbocycles. The highest BCUT2D eigenvalue weighted by Gasteiger charge is 2.27. The van der Waals surface area contributed by atoms with Crippen LogP contribution in [0, 0.1) is 6.92 Å². The third kappa shape index (κ3) is 3.59. The maximum Gasteiger partial charge on any atom is 0.254 e. The van der Waals surface area contributed by atoms with E-state index in [0.717, 1.165) is 24.2 Å². The van der Waals surface area contributed by atoms with Gasteiger partial charge in [0.2, 0.25) is 11.8 Å². The Hall–Kier alpha value is -2.37. The van der Waals surface area contributed by atoms with Crippen molar-refractivity contribution < 1.29 is 14.4 Å². The normalized spacial score (nSPS) is 14.9. The molecule has 6 heteroatoms. The Bertz CT molecular complexity index is 568. The summed E-state index contributed by atoms with van der Waals surface area (Å²) in [6.45, 7) is 4.70. The molecule has 0 bridgehead atoms. The van der Waals surface area contributed by atoms with Crippen molar-refractivity contribution in [2.24, 2.45) is 0 Å². The Morgan fingerprint density at radius 2 is 1.95 bits per heavy atom. The number of nitrogens with one attached hydrogen (secondary N) is 2. The lowest BCUT2D eigenvalue weighted by Gasteiger charge is -2.25. The van der Waals surface area contributed by atoms with E-state index in [0.29, 0.717) is 5.56 Å². The number of amides is 3. The number of piperazine rings is 1. The molecule has 1 aromatic rings. The van der Waals surface area contributed by atoms with E-state index in [2.05, 4.69) is 17.6 Å². The number of hydrogen-bond donors (Lipinski definition) is 2. The molecule has 6 nitrogen and oxygen atoms in total. The molecule has 0 spiro atoms. The average molecular weight is 289 g/mol. The second-order valence-electron chi connectivity index (χ2n) is 5.09.